The van der Waals surface area contributed by atoms with Gasteiger partial charge in [0.1, 0.15) is 16.9 Å². The minimum Gasteiger partial charge on any atom is -0.496 e. The number of ether oxygens (including phenoxy) is 4. The van der Waals surface area contributed by atoms with Gasteiger partial charge in [-0.1, -0.05) is 12.1 Å². The smallest absolute Gasteiger partial charge is 0.231 e. The highest BCUT2D eigenvalue weighted by Crippen LogP contribution is 2.46. The number of benzene rings is 2. The fourth-order valence-electron chi connectivity index (χ4n) is 3.39. The first kappa shape index (κ1) is 17.9. The molecule has 1 atom stereocenters. The molecular formula is C20H21NO5S. The number of thioether (sulfide) groups is 1. The zero-order chi connectivity index (χ0) is 18.8. The monoisotopic (exact) mass is 387 g/mol. The van der Waals surface area contributed by atoms with E-state index in [0.717, 1.165) is 39.9 Å². The lowest BCUT2D eigenvalue weighted by atomic mass is 10.1. The Hall–Kier alpha value is -2.54. The van der Waals surface area contributed by atoms with Gasteiger partial charge in [0.15, 0.2) is 11.5 Å². The summed E-state index contributed by atoms with van der Waals surface area (Å²) in [6.07, 6.45) is 0.517. The lowest BCUT2D eigenvalue weighted by molar-refractivity contribution is -0.132. The maximum absolute atomic E-state index is 12.8. The van der Waals surface area contributed by atoms with Crippen LogP contribution >= 0.6 is 11.8 Å². The predicted molar refractivity (Wildman–Crippen MR) is 102 cm³/mol. The standard InChI is InChI=1S/C20H21NO5S/c1-23-15-4-3-5-16(24-2)19(15)20-21(18(22)8-9-27-20)11-13-6-7-14-17(10-13)26-12-25-14/h3-7,10,20H,8-9,11-12H2,1-2H3. The third-order valence-corrected chi connectivity index (χ3v) is 5.94. The Morgan fingerprint density at radius 2 is 1.85 bits per heavy atom. The van der Waals surface area contributed by atoms with Crippen molar-refractivity contribution in [2.45, 2.75) is 18.3 Å². The fraction of sp³-hybridized carbons (Fsp3) is 0.350. The van der Waals surface area contributed by atoms with Crippen LogP contribution in [0, 0.1) is 0 Å². The summed E-state index contributed by atoms with van der Waals surface area (Å²) in [5.41, 5.74) is 1.88. The number of carbonyl (C=O) groups excluding carboxylic acids is 1. The van der Waals surface area contributed by atoms with Crippen molar-refractivity contribution in [1.29, 1.82) is 0 Å². The Labute approximate surface area is 162 Å². The molecule has 0 bridgehead atoms. The molecule has 2 aromatic rings. The first-order valence-electron chi connectivity index (χ1n) is 8.71. The molecule has 0 aromatic heterocycles. The number of amides is 1. The molecule has 0 spiro atoms. The molecule has 0 aliphatic carbocycles. The highest BCUT2D eigenvalue weighted by atomic mass is 32.2. The third kappa shape index (κ3) is 3.39. The van der Waals surface area contributed by atoms with Crippen molar-refractivity contribution in [3.05, 3.63) is 47.5 Å². The number of fused-ring (bicyclic) bond motifs is 1. The van der Waals surface area contributed by atoms with Gasteiger partial charge < -0.3 is 23.8 Å². The molecule has 27 heavy (non-hydrogen) atoms. The van der Waals surface area contributed by atoms with Crippen LogP contribution in [0.2, 0.25) is 0 Å². The van der Waals surface area contributed by atoms with Crippen molar-refractivity contribution in [3.8, 4) is 23.0 Å². The maximum atomic E-state index is 12.8. The first-order chi connectivity index (χ1) is 13.2. The lowest BCUT2D eigenvalue weighted by Crippen LogP contribution is -2.37. The lowest BCUT2D eigenvalue weighted by Gasteiger charge is -2.36. The van der Waals surface area contributed by atoms with E-state index in [4.69, 9.17) is 18.9 Å². The zero-order valence-electron chi connectivity index (χ0n) is 15.3. The SMILES string of the molecule is COc1cccc(OC)c1C1SCCC(=O)N1Cc1ccc2c(c1)OCO2. The van der Waals surface area contributed by atoms with E-state index in [2.05, 4.69) is 0 Å². The van der Waals surface area contributed by atoms with Crippen molar-refractivity contribution in [3.63, 3.8) is 0 Å². The number of carbonyl (C=O) groups is 1. The molecule has 0 saturated carbocycles. The van der Waals surface area contributed by atoms with Crippen LogP contribution in [0.3, 0.4) is 0 Å². The average molecular weight is 387 g/mol. The largest absolute Gasteiger partial charge is 0.496 e. The van der Waals surface area contributed by atoms with Gasteiger partial charge >= 0.3 is 0 Å². The second-order valence-corrected chi connectivity index (χ2v) is 7.45. The van der Waals surface area contributed by atoms with Crippen LogP contribution in [-0.2, 0) is 11.3 Å². The van der Waals surface area contributed by atoms with Gasteiger partial charge in [0, 0.05) is 18.7 Å². The van der Waals surface area contributed by atoms with Gasteiger partial charge in [-0.15, -0.1) is 11.8 Å². The second-order valence-electron chi connectivity index (χ2n) is 6.26. The quantitative estimate of drug-likeness (QED) is 0.781. The second kappa shape index (κ2) is 7.60. The van der Waals surface area contributed by atoms with Crippen LogP contribution in [0.5, 0.6) is 23.0 Å². The van der Waals surface area contributed by atoms with Crippen molar-refractivity contribution >= 4 is 17.7 Å². The first-order valence-corrected chi connectivity index (χ1v) is 9.76. The molecule has 2 aromatic carbocycles. The molecule has 0 radical (unpaired) electrons. The van der Waals surface area contributed by atoms with E-state index in [1.54, 1.807) is 26.0 Å². The van der Waals surface area contributed by atoms with Crippen molar-refractivity contribution in [2.24, 2.45) is 0 Å². The van der Waals surface area contributed by atoms with Gasteiger partial charge in [-0.25, -0.2) is 0 Å². The van der Waals surface area contributed by atoms with E-state index in [0.29, 0.717) is 13.0 Å². The van der Waals surface area contributed by atoms with Gasteiger partial charge in [0.25, 0.3) is 0 Å². The minimum absolute atomic E-state index is 0.115. The Kier molecular flexibility index (Phi) is 5.03. The van der Waals surface area contributed by atoms with Crippen LogP contribution in [0.25, 0.3) is 0 Å². The van der Waals surface area contributed by atoms with Gasteiger partial charge in [-0.05, 0) is 29.8 Å². The highest BCUT2D eigenvalue weighted by molar-refractivity contribution is 7.99. The summed E-state index contributed by atoms with van der Waals surface area (Å²) in [5.74, 6) is 3.78. The Morgan fingerprint density at radius 3 is 2.59 bits per heavy atom. The van der Waals surface area contributed by atoms with Crippen molar-refractivity contribution in [1.82, 2.24) is 4.90 Å². The summed E-state index contributed by atoms with van der Waals surface area (Å²) in [4.78, 5) is 14.7. The van der Waals surface area contributed by atoms with E-state index in [1.165, 1.54) is 0 Å². The van der Waals surface area contributed by atoms with Gasteiger partial charge in [-0.3, -0.25) is 4.79 Å². The number of hydrogen-bond donors (Lipinski definition) is 0. The molecule has 1 saturated heterocycles. The number of methoxy groups -OCH3 is 2. The summed E-state index contributed by atoms with van der Waals surface area (Å²) < 4.78 is 22.0. The normalized spacial score (nSPS) is 18.5. The zero-order valence-corrected chi connectivity index (χ0v) is 16.1. The van der Waals surface area contributed by atoms with Crippen LogP contribution in [0.1, 0.15) is 22.9 Å². The molecule has 2 aliphatic heterocycles. The molecule has 1 amide bonds. The van der Waals surface area contributed by atoms with Crippen molar-refractivity contribution < 1.29 is 23.7 Å². The molecular weight excluding hydrogens is 366 g/mol. The predicted octanol–water partition coefficient (Wildman–Crippen LogP) is 3.60. The van der Waals surface area contributed by atoms with Crippen LogP contribution in [0.15, 0.2) is 36.4 Å². The number of hydrogen-bond acceptors (Lipinski definition) is 6. The molecule has 4 rings (SSSR count). The molecule has 7 heteroatoms. The van der Waals surface area contributed by atoms with Gasteiger partial charge in [0.2, 0.25) is 12.7 Å². The Morgan fingerprint density at radius 1 is 1.11 bits per heavy atom. The summed E-state index contributed by atoms with van der Waals surface area (Å²) in [6, 6.07) is 11.5. The topological polar surface area (TPSA) is 57.2 Å². The van der Waals surface area contributed by atoms with Crippen molar-refractivity contribution in [2.75, 3.05) is 26.8 Å². The van der Waals surface area contributed by atoms with Crippen LogP contribution in [0.4, 0.5) is 0 Å². The van der Waals surface area contributed by atoms with E-state index >= 15 is 0 Å². The highest BCUT2D eigenvalue weighted by Gasteiger charge is 2.34. The fourth-order valence-corrected chi connectivity index (χ4v) is 4.68. The number of rotatable bonds is 5. The average Bonchev–Trinajstić information content (AvgIpc) is 3.16. The van der Waals surface area contributed by atoms with Crippen LogP contribution < -0.4 is 18.9 Å². The summed E-state index contributed by atoms with van der Waals surface area (Å²) >= 11 is 1.72. The summed E-state index contributed by atoms with van der Waals surface area (Å²) in [5, 5.41) is -0.178. The maximum Gasteiger partial charge on any atom is 0.231 e. The molecule has 1 fully saturated rings. The summed E-state index contributed by atoms with van der Waals surface area (Å²) in [7, 11) is 3.27. The summed E-state index contributed by atoms with van der Waals surface area (Å²) in [6.45, 7) is 0.715. The molecule has 1 unspecified atom stereocenters. The van der Waals surface area contributed by atoms with Gasteiger partial charge in [-0.2, -0.15) is 0 Å². The Balaban J connectivity index is 1.69. The van der Waals surface area contributed by atoms with E-state index < -0.39 is 0 Å². The molecule has 0 N–H and O–H groups in total. The van der Waals surface area contributed by atoms with E-state index in [9.17, 15) is 4.79 Å². The third-order valence-electron chi connectivity index (χ3n) is 4.70. The number of nitrogens with zero attached hydrogens (tertiary/aromatic N) is 1. The Bertz CT molecular complexity index is 834. The molecule has 142 valence electrons. The minimum atomic E-state index is -0.178. The molecule has 6 nitrogen and oxygen atoms in total. The molecule has 2 heterocycles. The molecule has 2 aliphatic rings. The van der Waals surface area contributed by atoms with E-state index in [1.807, 2.05) is 41.3 Å². The van der Waals surface area contributed by atoms with E-state index in [-0.39, 0.29) is 18.1 Å². The van der Waals surface area contributed by atoms with Gasteiger partial charge in [0.05, 0.1) is 19.8 Å². The van der Waals surface area contributed by atoms with Crippen LogP contribution in [-0.4, -0.2) is 37.6 Å².